The molecule has 0 aliphatic rings. The van der Waals surface area contributed by atoms with E-state index in [2.05, 4.69) is 14.9 Å². The first-order valence-corrected chi connectivity index (χ1v) is 6.57. The van der Waals surface area contributed by atoms with E-state index in [0.29, 0.717) is 12.1 Å². The zero-order valence-corrected chi connectivity index (χ0v) is 10.4. The van der Waals surface area contributed by atoms with Crippen molar-refractivity contribution >= 4 is 10.0 Å². The molecule has 16 heavy (non-hydrogen) atoms. The topological polar surface area (TPSA) is 95.1 Å². The van der Waals surface area contributed by atoms with Crippen LogP contribution in [0.5, 0.6) is 0 Å². The van der Waals surface area contributed by atoms with Crippen LogP contribution in [0.25, 0.3) is 0 Å². The zero-order chi connectivity index (χ0) is 12.3. The van der Waals surface area contributed by atoms with Crippen molar-refractivity contribution in [1.29, 1.82) is 0 Å². The summed E-state index contributed by atoms with van der Waals surface area (Å²) in [5, 5.41) is 15.3. The van der Waals surface area contributed by atoms with Gasteiger partial charge in [0.25, 0.3) is 0 Å². The van der Waals surface area contributed by atoms with Gasteiger partial charge in [-0.05, 0) is 20.3 Å². The molecular weight excluding hydrogens is 230 g/mol. The Labute approximate surface area is 95.1 Å². The van der Waals surface area contributed by atoms with E-state index in [0.717, 1.165) is 0 Å². The van der Waals surface area contributed by atoms with E-state index in [9.17, 15) is 8.42 Å². The zero-order valence-electron chi connectivity index (χ0n) is 9.61. The first kappa shape index (κ1) is 13.1. The molecule has 0 radical (unpaired) electrons. The van der Waals surface area contributed by atoms with Crippen LogP contribution in [0.3, 0.4) is 0 Å². The molecular formula is C9H17N3O3S. The fourth-order valence-corrected chi connectivity index (χ4v) is 3.02. The third-order valence-electron chi connectivity index (χ3n) is 2.35. The summed E-state index contributed by atoms with van der Waals surface area (Å²) in [6, 6.07) is -0.147. The van der Waals surface area contributed by atoms with E-state index >= 15 is 0 Å². The Morgan fingerprint density at radius 3 is 2.69 bits per heavy atom. The third-order valence-corrected chi connectivity index (χ3v) is 4.14. The molecule has 1 aromatic heterocycles. The van der Waals surface area contributed by atoms with Crippen molar-refractivity contribution in [3.8, 4) is 0 Å². The van der Waals surface area contributed by atoms with Crippen LogP contribution in [0.1, 0.15) is 31.7 Å². The summed E-state index contributed by atoms with van der Waals surface area (Å²) < 4.78 is 26.5. The Hall–Kier alpha value is -0.920. The number of sulfonamides is 1. The number of aliphatic hydroxyl groups is 1. The molecule has 3 N–H and O–H groups in total. The van der Waals surface area contributed by atoms with Gasteiger partial charge in [0, 0.05) is 6.04 Å². The summed E-state index contributed by atoms with van der Waals surface area (Å²) in [7, 11) is -3.61. The number of rotatable bonds is 5. The Kier molecular flexibility index (Phi) is 4.06. The molecule has 0 amide bonds. The number of aromatic amines is 1. The lowest BCUT2D eigenvalue weighted by Gasteiger charge is -2.12. The maximum Gasteiger partial charge on any atom is 0.244 e. The third kappa shape index (κ3) is 2.60. The predicted octanol–water partition coefficient (Wildman–Crippen LogP) is 0.287. The van der Waals surface area contributed by atoms with E-state index in [1.165, 1.54) is 0 Å². The van der Waals surface area contributed by atoms with E-state index in [1.54, 1.807) is 13.8 Å². The van der Waals surface area contributed by atoms with Crippen LogP contribution >= 0.6 is 0 Å². The molecule has 1 aromatic rings. The van der Waals surface area contributed by atoms with Gasteiger partial charge in [0.1, 0.15) is 10.6 Å². The predicted molar refractivity (Wildman–Crippen MR) is 59.3 cm³/mol. The molecule has 1 unspecified atom stereocenters. The van der Waals surface area contributed by atoms with Crippen molar-refractivity contribution in [2.45, 2.75) is 44.7 Å². The maximum atomic E-state index is 12.0. The summed E-state index contributed by atoms with van der Waals surface area (Å²) in [5.74, 6) is 0. The lowest BCUT2D eigenvalue weighted by molar-refractivity contribution is 0.273. The van der Waals surface area contributed by atoms with Crippen LogP contribution in [0.4, 0.5) is 0 Å². The highest BCUT2D eigenvalue weighted by molar-refractivity contribution is 7.89. The van der Waals surface area contributed by atoms with Crippen LogP contribution < -0.4 is 4.72 Å². The van der Waals surface area contributed by atoms with Crippen LogP contribution in [0, 0.1) is 6.92 Å². The number of aromatic nitrogens is 2. The van der Waals surface area contributed by atoms with Gasteiger partial charge in [0.2, 0.25) is 10.0 Å². The largest absolute Gasteiger partial charge is 0.390 e. The van der Waals surface area contributed by atoms with Gasteiger partial charge in [-0.2, -0.15) is 5.10 Å². The van der Waals surface area contributed by atoms with Gasteiger partial charge in [0.15, 0.2) is 0 Å². The molecule has 0 saturated carbocycles. The molecule has 1 rings (SSSR count). The van der Waals surface area contributed by atoms with Crippen LogP contribution in [-0.4, -0.2) is 29.8 Å². The van der Waals surface area contributed by atoms with Crippen molar-refractivity contribution in [1.82, 2.24) is 14.9 Å². The number of aryl methyl sites for hydroxylation is 1. The van der Waals surface area contributed by atoms with Gasteiger partial charge in [-0.15, -0.1) is 0 Å². The summed E-state index contributed by atoms with van der Waals surface area (Å²) >= 11 is 0. The fraction of sp³-hybridized carbons (Fsp3) is 0.667. The van der Waals surface area contributed by atoms with Gasteiger partial charge in [-0.3, -0.25) is 5.10 Å². The number of aliphatic hydroxyl groups excluding tert-OH is 1. The Morgan fingerprint density at radius 1 is 1.56 bits per heavy atom. The molecule has 7 heteroatoms. The molecule has 0 saturated heterocycles. The van der Waals surface area contributed by atoms with Crippen molar-refractivity contribution in [3.63, 3.8) is 0 Å². The van der Waals surface area contributed by atoms with Crippen molar-refractivity contribution in [2.24, 2.45) is 0 Å². The second-order valence-corrected chi connectivity index (χ2v) is 5.36. The number of nitrogens with zero attached hydrogens (tertiary/aromatic N) is 1. The normalized spacial score (nSPS) is 14.0. The molecule has 0 aliphatic carbocycles. The van der Waals surface area contributed by atoms with Crippen LogP contribution in [0.2, 0.25) is 0 Å². The first-order chi connectivity index (χ1) is 7.42. The van der Waals surface area contributed by atoms with Gasteiger partial charge in [-0.25, -0.2) is 13.1 Å². The van der Waals surface area contributed by atoms with E-state index in [4.69, 9.17) is 5.11 Å². The first-order valence-electron chi connectivity index (χ1n) is 5.09. The molecule has 1 atom stereocenters. The van der Waals surface area contributed by atoms with Crippen LogP contribution in [-0.2, 0) is 16.6 Å². The minimum Gasteiger partial charge on any atom is -0.390 e. The summed E-state index contributed by atoms with van der Waals surface area (Å²) in [5.41, 5.74) is 0.577. The van der Waals surface area contributed by atoms with E-state index in [-0.39, 0.29) is 16.6 Å². The van der Waals surface area contributed by atoms with Crippen LogP contribution in [0.15, 0.2) is 4.90 Å². The molecule has 92 valence electrons. The summed E-state index contributed by atoms with van der Waals surface area (Å²) in [4.78, 5) is 0.0512. The average Bonchev–Trinajstić information content (AvgIpc) is 2.59. The van der Waals surface area contributed by atoms with Gasteiger partial charge < -0.3 is 5.11 Å². The number of hydrogen-bond donors (Lipinski definition) is 3. The second kappa shape index (κ2) is 4.94. The fourth-order valence-electron chi connectivity index (χ4n) is 1.34. The van der Waals surface area contributed by atoms with Gasteiger partial charge in [0.05, 0.1) is 12.3 Å². The average molecular weight is 247 g/mol. The monoisotopic (exact) mass is 247 g/mol. The molecule has 1 heterocycles. The lowest BCUT2D eigenvalue weighted by atomic mass is 10.3. The quantitative estimate of drug-likeness (QED) is 0.696. The highest BCUT2D eigenvalue weighted by atomic mass is 32.2. The maximum absolute atomic E-state index is 12.0. The van der Waals surface area contributed by atoms with E-state index < -0.39 is 16.6 Å². The molecule has 0 aromatic carbocycles. The van der Waals surface area contributed by atoms with E-state index in [1.807, 2.05) is 6.92 Å². The smallest absolute Gasteiger partial charge is 0.244 e. The highest BCUT2D eigenvalue weighted by Gasteiger charge is 2.24. The van der Waals surface area contributed by atoms with Crippen molar-refractivity contribution < 1.29 is 13.5 Å². The van der Waals surface area contributed by atoms with Crippen molar-refractivity contribution in [2.75, 3.05) is 0 Å². The van der Waals surface area contributed by atoms with Gasteiger partial charge >= 0.3 is 0 Å². The minimum absolute atomic E-state index is 0.0512. The second-order valence-electron chi connectivity index (χ2n) is 3.71. The Bertz CT molecular complexity index is 453. The Balaban J connectivity index is 3.11. The molecule has 0 aliphatic heterocycles. The lowest BCUT2D eigenvalue weighted by Crippen LogP contribution is -2.32. The minimum atomic E-state index is -3.61. The number of hydrogen-bond acceptors (Lipinski definition) is 4. The number of nitrogens with one attached hydrogen (secondary N) is 2. The summed E-state index contributed by atoms with van der Waals surface area (Å²) in [6.07, 6.45) is 0.699. The molecule has 0 fully saturated rings. The molecule has 0 bridgehead atoms. The molecule has 6 nitrogen and oxygen atoms in total. The standard InChI is InChI=1S/C9H17N3O3S/c1-4-6(2)12-16(14,15)9-7(3)10-11-8(9)5-13/h6,12-13H,4-5H2,1-3H3,(H,10,11). The van der Waals surface area contributed by atoms with Crippen molar-refractivity contribution in [3.05, 3.63) is 11.4 Å². The Morgan fingerprint density at radius 2 is 2.19 bits per heavy atom. The number of H-pyrrole nitrogens is 1. The van der Waals surface area contributed by atoms with Gasteiger partial charge in [-0.1, -0.05) is 6.92 Å². The SMILES string of the molecule is CCC(C)NS(=O)(=O)c1c(CO)n[nH]c1C. The molecule has 0 spiro atoms. The summed E-state index contributed by atoms with van der Waals surface area (Å²) in [6.45, 7) is 4.88. The highest BCUT2D eigenvalue weighted by Crippen LogP contribution is 2.17.